The molecule has 1 unspecified atom stereocenters. The third-order valence-corrected chi connectivity index (χ3v) is 3.64. The molecular weight excluding hydrogens is 266 g/mol. The van der Waals surface area contributed by atoms with Gasteiger partial charge in [-0.25, -0.2) is 4.52 Å². The fourth-order valence-electron chi connectivity index (χ4n) is 2.68. The molecular formula is C16H17N3O2. The highest BCUT2D eigenvalue weighted by molar-refractivity contribution is 5.57. The first-order valence-electron chi connectivity index (χ1n) is 6.72. The first-order valence-corrected chi connectivity index (χ1v) is 6.72. The maximum atomic E-state index is 10.8. The van der Waals surface area contributed by atoms with E-state index in [9.17, 15) is 5.11 Å². The Morgan fingerprint density at radius 1 is 1.24 bits per heavy atom. The molecule has 5 heteroatoms. The average Bonchev–Trinajstić information content (AvgIpc) is 2.89. The number of rotatable bonds is 3. The zero-order valence-electron chi connectivity index (χ0n) is 12.2. The molecule has 1 N–H and O–H groups in total. The van der Waals surface area contributed by atoms with E-state index in [1.54, 1.807) is 36.4 Å². The monoisotopic (exact) mass is 283 g/mol. The molecule has 2 aromatic heterocycles. The van der Waals surface area contributed by atoms with E-state index in [1.165, 1.54) is 0 Å². The Labute approximate surface area is 122 Å². The van der Waals surface area contributed by atoms with Crippen LogP contribution in [0.2, 0.25) is 0 Å². The maximum Gasteiger partial charge on any atom is 0.125 e. The van der Waals surface area contributed by atoms with Crippen molar-refractivity contribution in [3.8, 4) is 5.75 Å². The number of nitrogens with zero attached hydrogens (tertiary/aromatic N) is 3. The highest BCUT2D eigenvalue weighted by Gasteiger charge is 2.21. The summed E-state index contributed by atoms with van der Waals surface area (Å²) < 4.78 is 7.13. The maximum absolute atomic E-state index is 10.8. The van der Waals surface area contributed by atoms with Gasteiger partial charge in [0, 0.05) is 23.5 Å². The molecule has 0 saturated carbocycles. The summed E-state index contributed by atoms with van der Waals surface area (Å²) in [7, 11) is 1.61. The molecule has 0 amide bonds. The molecule has 21 heavy (non-hydrogen) atoms. The van der Waals surface area contributed by atoms with Crippen molar-refractivity contribution in [2.75, 3.05) is 7.11 Å². The number of aliphatic hydroxyl groups is 1. The molecule has 0 saturated heterocycles. The summed E-state index contributed by atoms with van der Waals surface area (Å²) in [5, 5.41) is 15.0. The first-order chi connectivity index (χ1) is 10.1. The van der Waals surface area contributed by atoms with E-state index < -0.39 is 6.10 Å². The van der Waals surface area contributed by atoms with E-state index >= 15 is 0 Å². The summed E-state index contributed by atoms with van der Waals surface area (Å²) in [6.07, 6.45) is 5.97. The zero-order chi connectivity index (χ0) is 15.0. The van der Waals surface area contributed by atoms with Crippen LogP contribution in [0.15, 0.2) is 36.9 Å². The summed E-state index contributed by atoms with van der Waals surface area (Å²) in [4.78, 5) is 4.10. The van der Waals surface area contributed by atoms with Crippen LogP contribution in [0.3, 0.4) is 0 Å². The summed E-state index contributed by atoms with van der Waals surface area (Å²) in [6, 6.07) is 3.96. The Morgan fingerprint density at radius 2 is 2.05 bits per heavy atom. The number of hydrogen-bond donors (Lipinski definition) is 1. The van der Waals surface area contributed by atoms with Gasteiger partial charge in [-0.15, -0.1) is 0 Å². The molecule has 3 rings (SSSR count). The number of fused-ring (bicyclic) bond motifs is 1. The van der Waals surface area contributed by atoms with E-state index in [4.69, 9.17) is 4.74 Å². The second-order valence-corrected chi connectivity index (χ2v) is 5.11. The SMILES string of the molecule is COc1cc(C)cc(C)c1C(O)c1cnn2ccncc12. The fraction of sp³-hybridized carbons (Fsp3) is 0.250. The number of ether oxygens (including phenoxy) is 1. The van der Waals surface area contributed by atoms with Gasteiger partial charge in [-0.3, -0.25) is 4.98 Å². The zero-order valence-corrected chi connectivity index (χ0v) is 12.2. The van der Waals surface area contributed by atoms with Gasteiger partial charge in [0.25, 0.3) is 0 Å². The van der Waals surface area contributed by atoms with Crippen molar-refractivity contribution in [1.29, 1.82) is 0 Å². The summed E-state index contributed by atoms with van der Waals surface area (Å²) in [5.41, 5.74) is 4.35. The molecule has 108 valence electrons. The molecule has 0 fully saturated rings. The highest BCUT2D eigenvalue weighted by Crippen LogP contribution is 2.35. The molecule has 5 nitrogen and oxygen atoms in total. The molecule has 0 radical (unpaired) electrons. The molecule has 0 aliphatic rings. The van der Waals surface area contributed by atoms with Gasteiger partial charge in [0.05, 0.1) is 25.0 Å². The highest BCUT2D eigenvalue weighted by atomic mass is 16.5. The van der Waals surface area contributed by atoms with Gasteiger partial charge in [0.2, 0.25) is 0 Å². The molecule has 0 aliphatic heterocycles. The lowest BCUT2D eigenvalue weighted by atomic mass is 9.96. The van der Waals surface area contributed by atoms with Crippen LogP contribution in [0, 0.1) is 13.8 Å². The normalized spacial score (nSPS) is 12.6. The van der Waals surface area contributed by atoms with Crippen molar-refractivity contribution in [3.05, 3.63) is 59.2 Å². The topological polar surface area (TPSA) is 59.7 Å². The lowest BCUT2D eigenvalue weighted by Gasteiger charge is -2.17. The van der Waals surface area contributed by atoms with E-state index in [2.05, 4.69) is 10.1 Å². The number of aromatic nitrogens is 3. The summed E-state index contributed by atoms with van der Waals surface area (Å²) in [6.45, 7) is 3.98. The summed E-state index contributed by atoms with van der Waals surface area (Å²) >= 11 is 0. The van der Waals surface area contributed by atoms with Crippen molar-refractivity contribution in [1.82, 2.24) is 14.6 Å². The van der Waals surface area contributed by atoms with Gasteiger partial charge in [-0.05, 0) is 31.0 Å². The quantitative estimate of drug-likeness (QED) is 0.802. The van der Waals surface area contributed by atoms with Crippen molar-refractivity contribution >= 4 is 5.52 Å². The molecule has 3 aromatic rings. The fourth-order valence-corrected chi connectivity index (χ4v) is 2.68. The largest absolute Gasteiger partial charge is 0.496 e. The van der Waals surface area contributed by atoms with Gasteiger partial charge in [0.1, 0.15) is 11.9 Å². The minimum Gasteiger partial charge on any atom is -0.496 e. The van der Waals surface area contributed by atoms with Gasteiger partial charge < -0.3 is 9.84 Å². The van der Waals surface area contributed by atoms with Crippen molar-refractivity contribution in [2.45, 2.75) is 20.0 Å². The van der Waals surface area contributed by atoms with Crippen LogP contribution in [0.1, 0.15) is 28.4 Å². The first kappa shape index (κ1) is 13.6. The van der Waals surface area contributed by atoms with Crippen LogP contribution in [0.25, 0.3) is 5.52 Å². The lowest BCUT2D eigenvalue weighted by Crippen LogP contribution is -2.05. The average molecular weight is 283 g/mol. The van der Waals surface area contributed by atoms with E-state index in [-0.39, 0.29) is 0 Å². The van der Waals surface area contributed by atoms with Gasteiger partial charge in [0.15, 0.2) is 0 Å². The minimum atomic E-state index is -0.803. The summed E-state index contributed by atoms with van der Waals surface area (Å²) in [5.74, 6) is 0.684. The van der Waals surface area contributed by atoms with Crippen LogP contribution in [-0.2, 0) is 0 Å². The molecule has 0 aliphatic carbocycles. The van der Waals surface area contributed by atoms with Gasteiger partial charge in [-0.1, -0.05) is 6.07 Å². The van der Waals surface area contributed by atoms with Crippen LogP contribution >= 0.6 is 0 Å². The second-order valence-electron chi connectivity index (χ2n) is 5.11. The van der Waals surface area contributed by atoms with Crippen LogP contribution in [-0.4, -0.2) is 26.8 Å². The Hall–Kier alpha value is -2.40. The van der Waals surface area contributed by atoms with E-state index in [1.807, 2.05) is 26.0 Å². The molecule has 0 spiro atoms. The number of methoxy groups -OCH3 is 1. The Bertz CT molecular complexity index is 795. The number of aryl methyl sites for hydroxylation is 2. The van der Waals surface area contributed by atoms with E-state index in [0.29, 0.717) is 11.3 Å². The predicted octanol–water partition coefficient (Wildman–Crippen LogP) is 2.44. The molecule has 1 atom stereocenters. The number of benzene rings is 1. The standard InChI is InChI=1S/C16H17N3O2/c1-10-6-11(2)15(14(7-10)21-3)16(20)12-8-18-19-5-4-17-9-13(12)19/h4-9,16,20H,1-3H3. The van der Waals surface area contributed by atoms with Gasteiger partial charge >= 0.3 is 0 Å². The molecule has 2 heterocycles. The third kappa shape index (κ3) is 2.25. The predicted molar refractivity (Wildman–Crippen MR) is 79.5 cm³/mol. The van der Waals surface area contributed by atoms with Crippen LogP contribution < -0.4 is 4.74 Å². The van der Waals surface area contributed by atoms with Crippen molar-refractivity contribution in [3.63, 3.8) is 0 Å². The van der Waals surface area contributed by atoms with Crippen molar-refractivity contribution < 1.29 is 9.84 Å². The Kier molecular flexibility index (Phi) is 3.35. The second kappa shape index (κ2) is 5.18. The van der Waals surface area contributed by atoms with Crippen LogP contribution in [0.5, 0.6) is 5.75 Å². The molecule has 0 bridgehead atoms. The molecule has 1 aromatic carbocycles. The van der Waals surface area contributed by atoms with Gasteiger partial charge in [-0.2, -0.15) is 5.10 Å². The Balaban J connectivity index is 2.16. The third-order valence-electron chi connectivity index (χ3n) is 3.64. The Morgan fingerprint density at radius 3 is 2.81 bits per heavy atom. The minimum absolute atomic E-state index is 0.684. The smallest absolute Gasteiger partial charge is 0.125 e. The number of hydrogen-bond acceptors (Lipinski definition) is 4. The van der Waals surface area contributed by atoms with Crippen LogP contribution in [0.4, 0.5) is 0 Å². The lowest BCUT2D eigenvalue weighted by molar-refractivity contribution is 0.215. The van der Waals surface area contributed by atoms with E-state index in [0.717, 1.165) is 22.2 Å². The van der Waals surface area contributed by atoms with Crippen molar-refractivity contribution in [2.24, 2.45) is 0 Å². The number of aliphatic hydroxyl groups excluding tert-OH is 1.